The van der Waals surface area contributed by atoms with E-state index in [9.17, 15) is 5.11 Å². The maximum Gasteiger partial charge on any atom is 0.160 e. The molecule has 0 amide bonds. The second-order valence-corrected chi connectivity index (χ2v) is 3.58. The topological polar surface area (TPSA) is 29.5 Å². The van der Waals surface area contributed by atoms with E-state index in [2.05, 4.69) is 6.92 Å². The summed E-state index contributed by atoms with van der Waals surface area (Å²) in [5.41, 5.74) is 0. The van der Waals surface area contributed by atoms with Gasteiger partial charge >= 0.3 is 0 Å². The number of para-hydroxylation sites is 2. The molecule has 0 saturated heterocycles. The Kier molecular flexibility index (Phi) is 5.67. The molecule has 0 aliphatic carbocycles. The molecule has 0 spiro atoms. The molecule has 1 aromatic rings. The van der Waals surface area contributed by atoms with Gasteiger partial charge in [-0.05, 0) is 18.6 Å². The molecular weight excluding hydrogens is 188 g/mol. The minimum atomic E-state index is 0.218. The van der Waals surface area contributed by atoms with Crippen LogP contribution in [0.15, 0.2) is 24.3 Å². The van der Waals surface area contributed by atoms with Crippen LogP contribution in [0.5, 0.6) is 11.5 Å². The van der Waals surface area contributed by atoms with Gasteiger partial charge in [-0.25, -0.2) is 0 Å². The highest BCUT2D eigenvalue weighted by Crippen LogP contribution is 2.24. The molecular formula is C13H19O2. The van der Waals surface area contributed by atoms with Gasteiger partial charge in [0, 0.05) is 0 Å². The van der Waals surface area contributed by atoms with Crippen molar-refractivity contribution in [2.45, 2.75) is 32.1 Å². The molecule has 0 heterocycles. The van der Waals surface area contributed by atoms with Crippen LogP contribution < -0.4 is 4.74 Å². The van der Waals surface area contributed by atoms with Gasteiger partial charge in [-0.2, -0.15) is 0 Å². The average molecular weight is 207 g/mol. The highest BCUT2D eigenvalue weighted by Gasteiger charge is 1.99. The highest BCUT2D eigenvalue weighted by atomic mass is 16.5. The summed E-state index contributed by atoms with van der Waals surface area (Å²) in [6, 6.07) is 7.07. The van der Waals surface area contributed by atoms with Gasteiger partial charge in [-0.15, -0.1) is 0 Å². The molecule has 15 heavy (non-hydrogen) atoms. The summed E-state index contributed by atoms with van der Waals surface area (Å²) in [5.74, 6) is 0.796. The Morgan fingerprint density at radius 1 is 1.07 bits per heavy atom. The van der Waals surface area contributed by atoms with E-state index >= 15 is 0 Å². The van der Waals surface area contributed by atoms with Gasteiger partial charge in [0.2, 0.25) is 0 Å². The van der Waals surface area contributed by atoms with Crippen molar-refractivity contribution < 1.29 is 9.84 Å². The van der Waals surface area contributed by atoms with Gasteiger partial charge in [0.05, 0.1) is 6.61 Å². The Morgan fingerprint density at radius 2 is 1.80 bits per heavy atom. The van der Waals surface area contributed by atoms with Crippen molar-refractivity contribution >= 4 is 0 Å². The van der Waals surface area contributed by atoms with E-state index in [-0.39, 0.29) is 5.75 Å². The lowest BCUT2D eigenvalue weighted by atomic mass is 10.2. The maximum absolute atomic E-state index is 9.42. The van der Waals surface area contributed by atoms with Crippen LogP contribution in [0.2, 0.25) is 0 Å². The molecule has 1 radical (unpaired) electrons. The number of phenolic OH excluding ortho intramolecular Hbond substituents is 1. The Bertz CT molecular complexity index is 271. The second-order valence-electron chi connectivity index (χ2n) is 3.58. The summed E-state index contributed by atoms with van der Waals surface area (Å²) in [6.07, 6.45) is 5.63. The molecule has 0 aliphatic rings. The molecule has 0 unspecified atom stereocenters. The largest absolute Gasteiger partial charge is 0.504 e. The van der Waals surface area contributed by atoms with E-state index in [4.69, 9.17) is 4.74 Å². The maximum atomic E-state index is 9.42. The summed E-state index contributed by atoms with van der Waals surface area (Å²) < 4.78 is 5.45. The molecule has 0 saturated carbocycles. The zero-order chi connectivity index (χ0) is 10.9. The first-order valence-corrected chi connectivity index (χ1v) is 5.54. The zero-order valence-electron chi connectivity index (χ0n) is 9.11. The van der Waals surface area contributed by atoms with Gasteiger partial charge in [0.25, 0.3) is 0 Å². The van der Waals surface area contributed by atoms with Crippen LogP contribution in [-0.2, 0) is 0 Å². The third-order valence-corrected chi connectivity index (χ3v) is 2.27. The van der Waals surface area contributed by atoms with E-state index in [1.54, 1.807) is 18.2 Å². The summed E-state index contributed by atoms with van der Waals surface area (Å²) in [4.78, 5) is 0. The molecule has 83 valence electrons. The van der Waals surface area contributed by atoms with Crippen LogP contribution in [0.4, 0.5) is 0 Å². The van der Waals surface area contributed by atoms with E-state index in [1.807, 2.05) is 6.07 Å². The molecule has 0 aliphatic heterocycles. The van der Waals surface area contributed by atoms with Crippen molar-refractivity contribution in [3.63, 3.8) is 0 Å². The number of benzene rings is 1. The Morgan fingerprint density at radius 3 is 2.53 bits per heavy atom. The third-order valence-electron chi connectivity index (χ3n) is 2.27. The van der Waals surface area contributed by atoms with Crippen LogP contribution in [0.1, 0.15) is 32.1 Å². The van der Waals surface area contributed by atoms with E-state index < -0.39 is 0 Å². The summed E-state index contributed by atoms with van der Waals surface area (Å²) in [6.45, 7) is 4.47. The number of aromatic hydroxyl groups is 1. The third kappa shape index (κ3) is 4.73. The van der Waals surface area contributed by atoms with Crippen LogP contribution in [0.3, 0.4) is 0 Å². The summed E-state index contributed by atoms with van der Waals surface area (Å²) >= 11 is 0. The van der Waals surface area contributed by atoms with Crippen LogP contribution in [0, 0.1) is 6.92 Å². The van der Waals surface area contributed by atoms with Crippen molar-refractivity contribution in [1.82, 2.24) is 0 Å². The highest BCUT2D eigenvalue weighted by molar-refractivity contribution is 5.37. The molecule has 0 bridgehead atoms. The lowest BCUT2D eigenvalue weighted by molar-refractivity contribution is 0.289. The number of phenols is 1. The second kappa shape index (κ2) is 7.16. The van der Waals surface area contributed by atoms with Crippen molar-refractivity contribution in [3.05, 3.63) is 31.2 Å². The van der Waals surface area contributed by atoms with Crippen molar-refractivity contribution in [3.8, 4) is 11.5 Å². The Balaban J connectivity index is 2.12. The first-order chi connectivity index (χ1) is 7.34. The van der Waals surface area contributed by atoms with E-state index in [1.165, 1.54) is 19.3 Å². The number of hydrogen-bond donors (Lipinski definition) is 1. The Hall–Kier alpha value is -1.18. The fourth-order valence-electron chi connectivity index (χ4n) is 1.39. The monoisotopic (exact) mass is 207 g/mol. The summed E-state index contributed by atoms with van der Waals surface area (Å²) in [5, 5.41) is 9.42. The molecule has 2 heteroatoms. The minimum Gasteiger partial charge on any atom is -0.504 e. The summed E-state index contributed by atoms with van der Waals surface area (Å²) in [7, 11) is 0. The van der Waals surface area contributed by atoms with E-state index in [0.29, 0.717) is 12.4 Å². The van der Waals surface area contributed by atoms with Crippen LogP contribution in [-0.4, -0.2) is 11.7 Å². The van der Waals surface area contributed by atoms with Gasteiger partial charge in [0.15, 0.2) is 11.5 Å². The number of ether oxygens (including phenoxy) is 1. The van der Waals surface area contributed by atoms with Gasteiger partial charge in [-0.3, -0.25) is 0 Å². The van der Waals surface area contributed by atoms with Crippen LogP contribution in [0.25, 0.3) is 0 Å². The molecule has 0 fully saturated rings. The molecule has 0 aromatic heterocycles. The predicted molar refractivity (Wildman–Crippen MR) is 62.0 cm³/mol. The normalized spacial score (nSPS) is 10.2. The van der Waals surface area contributed by atoms with Gasteiger partial charge < -0.3 is 9.84 Å². The SMILES string of the molecule is [CH2]CCCCCCOc1ccccc1O. The Labute approximate surface area is 91.9 Å². The average Bonchev–Trinajstić information content (AvgIpc) is 2.25. The van der Waals surface area contributed by atoms with Gasteiger partial charge in [-0.1, -0.05) is 44.7 Å². The van der Waals surface area contributed by atoms with Crippen LogP contribution >= 0.6 is 0 Å². The number of rotatable bonds is 7. The first kappa shape index (κ1) is 11.9. The van der Waals surface area contributed by atoms with E-state index in [0.717, 1.165) is 12.8 Å². The predicted octanol–water partition coefficient (Wildman–Crippen LogP) is 3.56. The van der Waals surface area contributed by atoms with Crippen molar-refractivity contribution in [1.29, 1.82) is 0 Å². The standard InChI is InChI=1S/C13H19O2/c1-2-3-4-5-8-11-15-13-10-7-6-9-12(13)14/h6-7,9-10,14H,1-5,8,11H2. The number of hydrogen-bond acceptors (Lipinski definition) is 2. The molecule has 1 N–H and O–H groups in total. The lowest BCUT2D eigenvalue weighted by Crippen LogP contribution is -1.97. The minimum absolute atomic E-state index is 0.218. The molecule has 1 aromatic carbocycles. The lowest BCUT2D eigenvalue weighted by Gasteiger charge is -2.07. The van der Waals surface area contributed by atoms with Crippen molar-refractivity contribution in [2.75, 3.05) is 6.61 Å². The van der Waals surface area contributed by atoms with Gasteiger partial charge in [0.1, 0.15) is 0 Å². The zero-order valence-corrected chi connectivity index (χ0v) is 9.11. The fraction of sp³-hybridized carbons (Fsp3) is 0.462. The molecule has 2 nitrogen and oxygen atoms in total. The molecule has 1 rings (SSSR count). The quantitative estimate of drug-likeness (QED) is 0.693. The fourth-order valence-corrected chi connectivity index (χ4v) is 1.39. The smallest absolute Gasteiger partial charge is 0.160 e. The number of unbranched alkanes of at least 4 members (excludes halogenated alkanes) is 4. The van der Waals surface area contributed by atoms with Crippen molar-refractivity contribution in [2.24, 2.45) is 0 Å². The molecule has 0 atom stereocenters. The first-order valence-electron chi connectivity index (χ1n) is 5.54.